The van der Waals surface area contributed by atoms with Crippen LogP contribution in [-0.2, 0) is 11.0 Å². The van der Waals surface area contributed by atoms with E-state index in [2.05, 4.69) is 0 Å². The number of carbonyl (C=O) groups excluding carboxylic acids is 1. The van der Waals surface area contributed by atoms with Gasteiger partial charge in [-0.1, -0.05) is 6.07 Å². The summed E-state index contributed by atoms with van der Waals surface area (Å²) in [7, 11) is 0. The molecule has 0 aliphatic heterocycles. The van der Waals surface area contributed by atoms with Crippen LogP contribution in [0.5, 0.6) is 0 Å². The van der Waals surface area contributed by atoms with Gasteiger partial charge in [0.1, 0.15) is 0 Å². The van der Waals surface area contributed by atoms with Gasteiger partial charge in [0.25, 0.3) is 0 Å². The summed E-state index contributed by atoms with van der Waals surface area (Å²) in [6.07, 6.45) is -3.02. The molecule has 2 N–H and O–H groups in total. The van der Waals surface area contributed by atoms with Crippen molar-refractivity contribution in [1.29, 1.82) is 5.26 Å². The largest absolute Gasteiger partial charge is 0.417 e. The Morgan fingerprint density at radius 3 is 2.57 bits per heavy atom. The molecule has 2 rings (SSSR count). The number of halogens is 3. The lowest BCUT2D eigenvalue weighted by Gasteiger charge is -2.10. The van der Waals surface area contributed by atoms with E-state index in [1.165, 1.54) is 17.4 Å². The van der Waals surface area contributed by atoms with Crippen molar-refractivity contribution in [2.45, 2.75) is 13.1 Å². The van der Waals surface area contributed by atoms with Gasteiger partial charge in [0.2, 0.25) is 5.91 Å². The van der Waals surface area contributed by atoms with Gasteiger partial charge in [-0.3, -0.25) is 4.79 Å². The third-order valence-electron chi connectivity index (χ3n) is 3.15. The maximum atomic E-state index is 13.0. The number of benzene rings is 1. The normalized spacial score (nSPS) is 12.0. The summed E-state index contributed by atoms with van der Waals surface area (Å²) in [5.41, 5.74) is 5.05. The van der Waals surface area contributed by atoms with Crippen LogP contribution in [0.25, 0.3) is 17.2 Å². The van der Waals surface area contributed by atoms with E-state index in [4.69, 9.17) is 11.0 Å². The number of hydrogen-bond donors (Lipinski definition) is 1. The van der Waals surface area contributed by atoms with Crippen LogP contribution < -0.4 is 5.73 Å². The number of alkyl halides is 3. The summed E-state index contributed by atoms with van der Waals surface area (Å²) in [6.45, 7) is 1.56. The highest BCUT2D eigenvalue weighted by Gasteiger charge is 2.33. The third kappa shape index (κ3) is 3.79. The number of amides is 1. The van der Waals surface area contributed by atoms with Gasteiger partial charge in [0, 0.05) is 10.5 Å². The summed E-state index contributed by atoms with van der Waals surface area (Å²) in [4.78, 5) is 11.7. The molecule has 0 bridgehead atoms. The Morgan fingerprint density at radius 1 is 1.30 bits per heavy atom. The van der Waals surface area contributed by atoms with E-state index in [0.29, 0.717) is 21.6 Å². The van der Waals surface area contributed by atoms with Crippen molar-refractivity contribution < 1.29 is 18.0 Å². The number of primary amides is 1. The number of nitrogens with two attached hydrogens (primary N) is 1. The molecular weight excluding hydrogens is 325 g/mol. The van der Waals surface area contributed by atoms with Crippen LogP contribution in [0, 0.1) is 11.3 Å². The summed E-state index contributed by atoms with van der Waals surface area (Å²) >= 11 is 1.28. The fourth-order valence-electron chi connectivity index (χ4n) is 1.92. The molecule has 0 saturated heterocycles. The molecule has 0 radical (unpaired) electrons. The Kier molecular flexibility index (Phi) is 4.57. The zero-order valence-corrected chi connectivity index (χ0v) is 12.8. The van der Waals surface area contributed by atoms with Crippen molar-refractivity contribution in [2.24, 2.45) is 5.73 Å². The van der Waals surface area contributed by atoms with E-state index in [9.17, 15) is 18.0 Å². The van der Waals surface area contributed by atoms with Crippen molar-refractivity contribution >= 4 is 23.3 Å². The molecule has 0 fully saturated rings. The lowest BCUT2D eigenvalue weighted by atomic mass is 10.0. The first-order chi connectivity index (χ1) is 10.7. The standard InChI is InChI=1S/C16H11F3N2OS/c1-9(15(21)22)4-13-5-12(8-23-13)10-2-3-11(7-20)14(6-10)16(17,18)19/h2-6,8H,1H3,(H2,21,22)/b9-4+. The molecule has 23 heavy (non-hydrogen) atoms. The number of hydrogen-bond acceptors (Lipinski definition) is 3. The van der Waals surface area contributed by atoms with Gasteiger partial charge >= 0.3 is 6.18 Å². The Labute approximate surface area is 134 Å². The molecule has 0 aliphatic carbocycles. The lowest BCUT2D eigenvalue weighted by molar-refractivity contribution is -0.137. The van der Waals surface area contributed by atoms with E-state index < -0.39 is 23.2 Å². The van der Waals surface area contributed by atoms with Crippen molar-refractivity contribution in [2.75, 3.05) is 0 Å². The maximum Gasteiger partial charge on any atom is 0.417 e. The predicted molar refractivity (Wildman–Crippen MR) is 82.3 cm³/mol. The number of nitriles is 1. The van der Waals surface area contributed by atoms with Crippen LogP contribution in [0.15, 0.2) is 35.2 Å². The van der Waals surface area contributed by atoms with E-state index in [-0.39, 0.29) is 0 Å². The monoisotopic (exact) mass is 336 g/mol. The number of rotatable bonds is 3. The predicted octanol–water partition coefficient (Wildman–Crippen LogP) is 4.19. The summed E-state index contributed by atoms with van der Waals surface area (Å²) in [5.74, 6) is -0.558. The van der Waals surface area contributed by atoms with Crippen molar-refractivity contribution in [1.82, 2.24) is 0 Å². The zero-order valence-electron chi connectivity index (χ0n) is 11.9. The maximum absolute atomic E-state index is 13.0. The molecule has 0 unspecified atom stereocenters. The fraction of sp³-hybridized carbons (Fsp3) is 0.125. The molecule has 1 aromatic heterocycles. The quantitative estimate of drug-likeness (QED) is 0.854. The fourth-order valence-corrected chi connectivity index (χ4v) is 2.83. The second kappa shape index (κ2) is 6.26. The molecule has 0 atom stereocenters. The summed E-state index contributed by atoms with van der Waals surface area (Å²) in [6, 6.07) is 6.78. The van der Waals surface area contributed by atoms with Gasteiger partial charge in [0.15, 0.2) is 0 Å². The Balaban J connectivity index is 2.45. The highest BCUT2D eigenvalue weighted by atomic mass is 32.1. The second-order valence-corrected chi connectivity index (χ2v) is 5.74. The molecule has 7 heteroatoms. The van der Waals surface area contributed by atoms with Crippen LogP contribution in [0.4, 0.5) is 13.2 Å². The van der Waals surface area contributed by atoms with Crippen molar-refractivity contribution in [3.05, 3.63) is 51.2 Å². The third-order valence-corrected chi connectivity index (χ3v) is 4.03. The summed E-state index contributed by atoms with van der Waals surface area (Å²) < 4.78 is 39.0. The Bertz CT molecular complexity index is 829. The molecule has 1 aromatic carbocycles. The van der Waals surface area contributed by atoms with Crippen molar-refractivity contribution in [3.8, 4) is 17.2 Å². The van der Waals surface area contributed by atoms with Crippen LogP contribution in [0.2, 0.25) is 0 Å². The summed E-state index contributed by atoms with van der Waals surface area (Å²) in [5, 5.41) is 10.5. The van der Waals surface area contributed by atoms with Crippen LogP contribution in [0.3, 0.4) is 0 Å². The van der Waals surface area contributed by atoms with Crippen molar-refractivity contribution in [3.63, 3.8) is 0 Å². The number of carbonyl (C=O) groups is 1. The molecule has 3 nitrogen and oxygen atoms in total. The first-order valence-electron chi connectivity index (χ1n) is 6.40. The van der Waals surface area contributed by atoms with Gasteiger partial charge in [-0.15, -0.1) is 11.3 Å². The molecule has 2 aromatic rings. The van der Waals surface area contributed by atoms with Gasteiger partial charge in [-0.2, -0.15) is 18.4 Å². The highest BCUT2D eigenvalue weighted by Crippen LogP contribution is 2.36. The molecule has 1 amide bonds. The van der Waals surface area contributed by atoms with Gasteiger partial charge < -0.3 is 5.73 Å². The number of nitrogens with zero attached hydrogens (tertiary/aromatic N) is 1. The number of thiophene rings is 1. The minimum Gasteiger partial charge on any atom is -0.366 e. The van der Waals surface area contributed by atoms with Gasteiger partial charge in [0.05, 0.1) is 17.2 Å². The van der Waals surface area contributed by atoms with Crippen LogP contribution >= 0.6 is 11.3 Å². The molecule has 0 spiro atoms. The second-order valence-electron chi connectivity index (χ2n) is 4.80. The minimum atomic E-state index is -4.59. The van der Waals surface area contributed by atoms with Gasteiger partial charge in [-0.05, 0) is 47.7 Å². The molecule has 0 saturated carbocycles. The SMILES string of the molecule is C/C(=C\c1cc(-c2ccc(C#N)c(C(F)(F)F)c2)cs1)C(N)=O. The highest BCUT2D eigenvalue weighted by molar-refractivity contribution is 7.11. The van der Waals surface area contributed by atoms with E-state index in [0.717, 1.165) is 12.1 Å². The smallest absolute Gasteiger partial charge is 0.366 e. The molecular formula is C16H11F3N2OS. The minimum absolute atomic E-state index is 0.351. The van der Waals surface area contributed by atoms with Crippen LogP contribution in [0.1, 0.15) is 22.9 Å². The van der Waals surface area contributed by atoms with Crippen LogP contribution in [-0.4, -0.2) is 5.91 Å². The molecule has 118 valence electrons. The first kappa shape index (κ1) is 16.8. The average Bonchev–Trinajstić information content (AvgIpc) is 2.94. The Morgan fingerprint density at radius 2 is 2.00 bits per heavy atom. The Hall–Kier alpha value is -2.59. The van der Waals surface area contributed by atoms with E-state index in [1.807, 2.05) is 0 Å². The first-order valence-corrected chi connectivity index (χ1v) is 7.28. The van der Waals surface area contributed by atoms with E-state index >= 15 is 0 Å². The molecule has 0 aliphatic rings. The topological polar surface area (TPSA) is 66.9 Å². The zero-order chi connectivity index (χ0) is 17.2. The lowest BCUT2D eigenvalue weighted by Crippen LogP contribution is -2.11. The van der Waals surface area contributed by atoms with Gasteiger partial charge in [-0.25, -0.2) is 0 Å². The average molecular weight is 336 g/mol. The van der Waals surface area contributed by atoms with E-state index in [1.54, 1.807) is 30.5 Å². The molecule has 1 heterocycles.